The van der Waals surface area contributed by atoms with Crippen molar-refractivity contribution in [1.29, 1.82) is 0 Å². The van der Waals surface area contributed by atoms with Gasteiger partial charge in [0, 0.05) is 23.4 Å². The van der Waals surface area contributed by atoms with Gasteiger partial charge < -0.3 is 20.7 Å². The molecular weight excluding hydrogens is 382 g/mol. The number of nitrogen functional groups attached to an aromatic ring is 1. The summed E-state index contributed by atoms with van der Waals surface area (Å²) in [5, 5.41) is 3.16. The number of nitrogens with two attached hydrogens (primary N) is 1. The molecule has 2 amide bonds. The number of esters is 1. The Hall–Kier alpha value is -3.06. The minimum atomic E-state index is -0.740. The number of aryl methyl sites for hydroxylation is 2. The Morgan fingerprint density at radius 1 is 1.14 bits per heavy atom. The van der Waals surface area contributed by atoms with E-state index >= 15 is 0 Å². The number of ether oxygens (including phenoxy) is 1. The van der Waals surface area contributed by atoms with Crippen LogP contribution >= 0.6 is 11.6 Å². The lowest BCUT2D eigenvalue weighted by molar-refractivity contribution is -0.136. The molecule has 0 radical (unpaired) electrons. The standard InChI is InChI=1S/C20H22ClN3O4/c1-12-4-5-13(2)17(8-12)23-18(25)10-24(3)19(26)11-28-20(27)15-7-6-14(21)9-16(15)22/h4-9H,10-11,22H2,1-3H3,(H,23,25). The lowest BCUT2D eigenvalue weighted by Gasteiger charge is -2.17. The van der Waals surface area contributed by atoms with Crippen LogP contribution in [0.1, 0.15) is 21.5 Å². The van der Waals surface area contributed by atoms with Crippen LogP contribution in [0, 0.1) is 13.8 Å². The molecule has 0 saturated heterocycles. The first-order chi connectivity index (χ1) is 13.2. The quantitative estimate of drug-likeness (QED) is 0.570. The van der Waals surface area contributed by atoms with Crippen LogP contribution in [0.3, 0.4) is 0 Å². The van der Waals surface area contributed by atoms with Crippen molar-refractivity contribution in [2.45, 2.75) is 13.8 Å². The van der Waals surface area contributed by atoms with Crippen LogP contribution < -0.4 is 11.1 Å². The zero-order chi connectivity index (χ0) is 20.8. The largest absolute Gasteiger partial charge is 0.452 e. The number of hydrogen-bond donors (Lipinski definition) is 2. The predicted molar refractivity (Wildman–Crippen MR) is 108 cm³/mol. The Labute approximate surface area is 168 Å². The van der Waals surface area contributed by atoms with Crippen LogP contribution in [0.25, 0.3) is 0 Å². The van der Waals surface area contributed by atoms with Gasteiger partial charge in [0.15, 0.2) is 6.61 Å². The van der Waals surface area contributed by atoms with Gasteiger partial charge in [0.25, 0.3) is 5.91 Å². The zero-order valence-corrected chi connectivity index (χ0v) is 16.7. The number of likely N-dealkylation sites (N-methyl/N-ethyl adjacent to an activating group) is 1. The maximum atomic E-state index is 12.2. The minimum Gasteiger partial charge on any atom is -0.452 e. The summed E-state index contributed by atoms with van der Waals surface area (Å²) in [6, 6.07) is 10.0. The molecule has 8 heteroatoms. The summed E-state index contributed by atoms with van der Waals surface area (Å²) in [5.74, 6) is -1.61. The number of carbonyl (C=O) groups is 3. The lowest BCUT2D eigenvalue weighted by Crippen LogP contribution is -2.37. The molecular formula is C20H22ClN3O4. The average Bonchev–Trinajstić information content (AvgIpc) is 2.62. The number of halogens is 1. The molecule has 0 aromatic heterocycles. The fourth-order valence-electron chi connectivity index (χ4n) is 2.40. The molecule has 148 valence electrons. The number of nitrogens with zero attached hydrogens (tertiary/aromatic N) is 1. The molecule has 0 heterocycles. The van der Waals surface area contributed by atoms with Gasteiger partial charge in [0.2, 0.25) is 5.91 Å². The summed E-state index contributed by atoms with van der Waals surface area (Å²) in [6.45, 7) is 3.12. The number of benzene rings is 2. The fraction of sp³-hybridized carbons (Fsp3) is 0.250. The van der Waals surface area contributed by atoms with Gasteiger partial charge in [-0.2, -0.15) is 0 Å². The third-order valence-corrected chi connectivity index (χ3v) is 4.27. The molecule has 0 atom stereocenters. The van der Waals surface area contributed by atoms with E-state index in [1.165, 1.54) is 30.1 Å². The Morgan fingerprint density at radius 3 is 2.54 bits per heavy atom. The molecule has 0 aliphatic carbocycles. The molecule has 0 saturated carbocycles. The molecule has 2 rings (SSSR count). The summed E-state index contributed by atoms with van der Waals surface area (Å²) in [7, 11) is 1.45. The molecule has 0 spiro atoms. The van der Waals surface area contributed by atoms with Gasteiger partial charge in [-0.05, 0) is 49.2 Å². The van der Waals surface area contributed by atoms with Crippen LogP contribution in [-0.2, 0) is 14.3 Å². The Morgan fingerprint density at radius 2 is 1.86 bits per heavy atom. The molecule has 2 aromatic rings. The van der Waals surface area contributed by atoms with E-state index in [1.807, 2.05) is 32.0 Å². The van der Waals surface area contributed by atoms with Crippen LogP contribution in [0.5, 0.6) is 0 Å². The molecule has 0 aliphatic heterocycles. The molecule has 0 aliphatic rings. The summed E-state index contributed by atoms with van der Waals surface area (Å²) in [6.07, 6.45) is 0. The second-order valence-corrected chi connectivity index (χ2v) is 6.86. The van der Waals surface area contributed by atoms with Gasteiger partial charge in [-0.1, -0.05) is 23.7 Å². The normalized spacial score (nSPS) is 10.3. The van der Waals surface area contributed by atoms with E-state index in [4.69, 9.17) is 22.1 Å². The lowest BCUT2D eigenvalue weighted by atomic mass is 10.1. The third-order valence-electron chi connectivity index (χ3n) is 4.03. The molecule has 7 nitrogen and oxygen atoms in total. The first kappa shape index (κ1) is 21.2. The minimum absolute atomic E-state index is 0.118. The molecule has 2 aromatic carbocycles. The van der Waals surface area contributed by atoms with Crippen molar-refractivity contribution < 1.29 is 19.1 Å². The summed E-state index contributed by atoms with van der Waals surface area (Å²) < 4.78 is 4.98. The highest BCUT2D eigenvalue weighted by Crippen LogP contribution is 2.19. The number of nitrogens with one attached hydrogen (secondary N) is 1. The van der Waals surface area contributed by atoms with E-state index in [1.54, 1.807) is 0 Å². The topological polar surface area (TPSA) is 102 Å². The van der Waals surface area contributed by atoms with Gasteiger partial charge in [-0.25, -0.2) is 4.79 Å². The smallest absolute Gasteiger partial charge is 0.340 e. The van der Waals surface area contributed by atoms with E-state index in [0.29, 0.717) is 10.7 Å². The SMILES string of the molecule is Cc1ccc(C)c(NC(=O)CN(C)C(=O)COC(=O)c2ccc(Cl)cc2N)c1. The van der Waals surface area contributed by atoms with Crippen molar-refractivity contribution in [1.82, 2.24) is 4.90 Å². The van der Waals surface area contributed by atoms with Crippen molar-refractivity contribution in [3.8, 4) is 0 Å². The number of carbonyl (C=O) groups excluding carboxylic acids is 3. The molecule has 0 fully saturated rings. The highest BCUT2D eigenvalue weighted by molar-refractivity contribution is 6.31. The predicted octanol–water partition coefficient (Wildman–Crippen LogP) is 2.79. The van der Waals surface area contributed by atoms with E-state index in [-0.39, 0.29) is 23.7 Å². The van der Waals surface area contributed by atoms with E-state index in [9.17, 15) is 14.4 Å². The van der Waals surface area contributed by atoms with Gasteiger partial charge >= 0.3 is 5.97 Å². The van der Waals surface area contributed by atoms with Crippen LogP contribution in [0.4, 0.5) is 11.4 Å². The van der Waals surface area contributed by atoms with Crippen LogP contribution in [-0.4, -0.2) is 42.9 Å². The number of hydrogen-bond acceptors (Lipinski definition) is 5. The van der Waals surface area contributed by atoms with Crippen molar-refractivity contribution in [3.05, 3.63) is 58.1 Å². The maximum Gasteiger partial charge on any atom is 0.340 e. The fourth-order valence-corrected chi connectivity index (χ4v) is 2.58. The monoisotopic (exact) mass is 403 g/mol. The second-order valence-electron chi connectivity index (χ2n) is 6.42. The van der Waals surface area contributed by atoms with Crippen LogP contribution in [0.2, 0.25) is 5.02 Å². The third kappa shape index (κ3) is 5.72. The maximum absolute atomic E-state index is 12.2. The summed E-state index contributed by atoms with van der Waals surface area (Å²) >= 11 is 5.78. The second kappa shape index (κ2) is 9.23. The van der Waals surface area contributed by atoms with Gasteiger partial charge in [0.05, 0.1) is 12.1 Å². The first-order valence-electron chi connectivity index (χ1n) is 8.50. The van der Waals surface area contributed by atoms with Gasteiger partial charge in [-0.3, -0.25) is 9.59 Å². The van der Waals surface area contributed by atoms with E-state index in [0.717, 1.165) is 11.1 Å². The van der Waals surface area contributed by atoms with Gasteiger partial charge in [-0.15, -0.1) is 0 Å². The molecule has 0 unspecified atom stereocenters. The van der Waals surface area contributed by atoms with Gasteiger partial charge in [0.1, 0.15) is 0 Å². The number of rotatable bonds is 6. The van der Waals surface area contributed by atoms with Crippen molar-refractivity contribution >= 4 is 40.8 Å². The van der Waals surface area contributed by atoms with Crippen molar-refractivity contribution in [2.24, 2.45) is 0 Å². The Bertz CT molecular complexity index is 914. The molecule has 0 bridgehead atoms. The van der Waals surface area contributed by atoms with Crippen molar-refractivity contribution in [3.63, 3.8) is 0 Å². The highest BCUT2D eigenvalue weighted by Gasteiger charge is 2.18. The molecule has 28 heavy (non-hydrogen) atoms. The molecule has 3 N–H and O–H groups in total. The average molecular weight is 404 g/mol. The number of amides is 2. The Kier molecular flexibility index (Phi) is 7.00. The van der Waals surface area contributed by atoms with Crippen LogP contribution in [0.15, 0.2) is 36.4 Å². The Balaban J connectivity index is 1.87. The summed E-state index contributed by atoms with van der Waals surface area (Å²) in [4.78, 5) is 37.5. The first-order valence-corrected chi connectivity index (χ1v) is 8.88. The zero-order valence-electron chi connectivity index (χ0n) is 15.9. The number of anilines is 2. The highest BCUT2D eigenvalue weighted by atomic mass is 35.5. The van der Waals surface area contributed by atoms with Crippen molar-refractivity contribution in [2.75, 3.05) is 31.2 Å². The van der Waals surface area contributed by atoms with E-state index < -0.39 is 18.5 Å². The van der Waals surface area contributed by atoms with E-state index in [2.05, 4.69) is 5.32 Å². The summed E-state index contributed by atoms with van der Waals surface area (Å²) in [5.41, 5.74) is 8.62.